The fourth-order valence-corrected chi connectivity index (χ4v) is 1.71. The highest BCUT2D eigenvalue weighted by molar-refractivity contribution is 5.67. The average molecular weight is 305 g/mol. The number of anilines is 1. The molecule has 6 heteroatoms. The molecular formula is C16H23N3O3. The van der Waals surface area contributed by atoms with Gasteiger partial charge >= 0.3 is 6.09 Å². The molecule has 2 N–H and O–H groups in total. The van der Waals surface area contributed by atoms with Gasteiger partial charge in [-0.2, -0.15) is 5.26 Å². The summed E-state index contributed by atoms with van der Waals surface area (Å²) in [7, 11) is 1.58. The first-order chi connectivity index (χ1) is 10.4. The van der Waals surface area contributed by atoms with Gasteiger partial charge in [0.1, 0.15) is 17.4 Å². The fourth-order valence-electron chi connectivity index (χ4n) is 1.71. The Morgan fingerprint density at radius 2 is 2.05 bits per heavy atom. The van der Waals surface area contributed by atoms with E-state index in [0.29, 0.717) is 30.8 Å². The lowest BCUT2D eigenvalue weighted by Crippen LogP contribution is -2.33. The fraction of sp³-hybridized carbons (Fsp3) is 0.500. The molecule has 1 amide bonds. The second-order valence-corrected chi connectivity index (χ2v) is 5.73. The summed E-state index contributed by atoms with van der Waals surface area (Å²) in [5.74, 6) is 0.688. The van der Waals surface area contributed by atoms with Crippen LogP contribution in [0.25, 0.3) is 0 Å². The molecule has 0 fully saturated rings. The van der Waals surface area contributed by atoms with Crippen LogP contribution in [0.3, 0.4) is 0 Å². The van der Waals surface area contributed by atoms with Gasteiger partial charge in [0.05, 0.1) is 18.4 Å². The van der Waals surface area contributed by atoms with Gasteiger partial charge in [-0.25, -0.2) is 4.79 Å². The van der Waals surface area contributed by atoms with Crippen molar-refractivity contribution in [1.82, 2.24) is 5.32 Å². The first-order valence-electron chi connectivity index (χ1n) is 7.14. The number of hydrogen-bond donors (Lipinski definition) is 2. The highest BCUT2D eigenvalue weighted by atomic mass is 16.6. The number of carbonyl (C=O) groups excluding carboxylic acids is 1. The minimum atomic E-state index is -0.495. The molecule has 0 spiro atoms. The van der Waals surface area contributed by atoms with Crippen molar-refractivity contribution in [1.29, 1.82) is 5.26 Å². The van der Waals surface area contributed by atoms with E-state index in [1.54, 1.807) is 25.3 Å². The molecule has 0 bridgehead atoms. The first-order valence-corrected chi connectivity index (χ1v) is 7.14. The number of carbonyl (C=O) groups is 1. The van der Waals surface area contributed by atoms with Crippen LogP contribution in [0, 0.1) is 11.3 Å². The molecule has 1 aromatic carbocycles. The van der Waals surface area contributed by atoms with Gasteiger partial charge < -0.3 is 20.1 Å². The lowest BCUT2D eigenvalue weighted by Gasteiger charge is -2.19. The zero-order valence-electron chi connectivity index (χ0n) is 13.5. The SMILES string of the molecule is COc1ccc(C#N)c(NCCCNC(=O)OC(C)(C)C)c1. The van der Waals surface area contributed by atoms with E-state index in [1.165, 1.54) is 0 Å². The largest absolute Gasteiger partial charge is 0.497 e. The maximum Gasteiger partial charge on any atom is 0.407 e. The Balaban J connectivity index is 2.36. The number of benzene rings is 1. The highest BCUT2D eigenvalue weighted by Crippen LogP contribution is 2.21. The summed E-state index contributed by atoms with van der Waals surface area (Å²) in [6.07, 6.45) is 0.285. The van der Waals surface area contributed by atoms with Crippen molar-refractivity contribution >= 4 is 11.8 Å². The molecule has 0 aromatic heterocycles. The third-order valence-electron chi connectivity index (χ3n) is 2.68. The van der Waals surface area contributed by atoms with Gasteiger partial charge in [-0.05, 0) is 39.3 Å². The van der Waals surface area contributed by atoms with Gasteiger partial charge in [-0.15, -0.1) is 0 Å². The molecule has 0 aliphatic heterocycles. The first kappa shape index (κ1) is 17.6. The monoisotopic (exact) mass is 305 g/mol. The number of nitrogens with one attached hydrogen (secondary N) is 2. The van der Waals surface area contributed by atoms with Crippen molar-refractivity contribution < 1.29 is 14.3 Å². The molecule has 1 rings (SSSR count). The van der Waals surface area contributed by atoms with Crippen molar-refractivity contribution in [2.75, 3.05) is 25.5 Å². The molecule has 0 unspecified atom stereocenters. The Bertz CT molecular complexity index is 545. The van der Waals surface area contributed by atoms with Gasteiger partial charge in [0, 0.05) is 19.2 Å². The Morgan fingerprint density at radius 3 is 2.64 bits per heavy atom. The molecule has 0 aliphatic rings. The van der Waals surface area contributed by atoms with Crippen LogP contribution >= 0.6 is 0 Å². The topological polar surface area (TPSA) is 83.4 Å². The maximum atomic E-state index is 11.5. The summed E-state index contributed by atoms with van der Waals surface area (Å²) in [6.45, 7) is 6.58. The van der Waals surface area contributed by atoms with Crippen LogP contribution in [0.1, 0.15) is 32.8 Å². The summed E-state index contributed by atoms with van der Waals surface area (Å²) < 4.78 is 10.3. The van der Waals surface area contributed by atoms with E-state index in [4.69, 9.17) is 14.7 Å². The lowest BCUT2D eigenvalue weighted by molar-refractivity contribution is 0.0528. The number of alkyl carbamates (subject to hydrolysis) is 1. The van der Waals surface area contributed by atoms with E-state index < -0.39 is 11.7 Å². The van der Waals surface area contributed by atoms with E-state index in [9.17, 15) is 4.79 Å². The van der Waals surface area contributed by atoms with Crippen LogP contribution in [0.4, 0.5) is 10.5 Å². The van der Waals surface area contributed by atoms with Crippen LogP contribution in [0.2, 0.25) is 0 Å². The van der Waals surface area contributed by atoms with Crippen LogP contribution < -0.4 is 15.4 Å². The molecule has 0 radical (unpaired) electrons. The molecule has 120 valence electrons. The zero-order chi connectivity index (χ0) is 16.6. The Kier molecular flexibility index (Phi) is 6.51. The minimum Gasteiger partial charge on any atom is -0.497 e. The molecule has 6 nitrogen and oxygen atoms in total. The number of nitriles is 1. The summed E-state index contributed by atoms with van der Waals surface area (Å²) in [6, 6.07) is 7.35. The molecule has 0 aliphatic carbocycles. The van der Waals surface area contributed by atoms with Crippen LogP contribution in [0.5, 0.6) is 5.75 Å². The van der Waals surface area contributed by atoms with E-state index in [-0.39, 0.29) is 0 Å². The third kappa shape index (κ3) is 6.35. The third-order valence-corrected chi connectivity index (χ3v) is 2.68. The van der Waals surface area contributed by atoms with E-state index in [1.807, 2.05) is 20.8 Å². The predicted molar refractivity (Wildman–Crippen MR) is 85.1 cm³/mol. The molecule has 0 saturated carbocycles. The van der Waals surface area contributed by atoms with Crippen LogP contribution in [-0.4, -0.2) is 31.9 Å². The molecule has 0 saturated heterocycles. The van der Waals surface area contributed by atoms with Crippen LogP contribution in [-0.2, 0) is 4.74 Å². The zero-order valence-corrected chi connectivity index (χ0v) is 13.5. The number of methoxy groups -OCH3 is 1. The molecule has 1 aromatic rings. The molecule has 0 heterocycles. The van der Waals surface area contributed by atoms with Crippen molar-refractivity contribution in [3.63, 3.8) is 0 Å². The maximum absolute atomic E-state index is 11.5. The number of ether oxygens (including phenoxy) is 2. The highest BCUT2D eigenvalue weighted by Gasteiger charge is 2.15. The van der Waals surface area contributed by atoms with Crippen molar-refractivity contribution in [2.24, 2.45) is 0 Å². The minimum absolute atomic E-state index is 0.424. The van der Waals surface area contributed by atoms with Crippen LogP contribution in [0.15, 0.2) is 18.2 Å². The quantitative estimate of drug-likeness (QED) is 0.790. The Hall–Kier alpha value is -2.42. The van der Waals surface area contributed by atoms with Gasteiger partial charge in [0.2, 0.25) is 0 Å². The van der Waals surface area contributed by atoms with E-state index in [2.05, 4.69) is 16.7 Å². The van der Waals surface area contributed by atoms with Crippen molar-refractivity contribution in [3.8, 4) is 11.8 Å². The number of amides is 1. The van der Waals surface area contributed by atoms with E-state index in [0.717, 1.165) is 5.69 Å². The normalized spacial score (nSPS) is 10.5. The predicted octanol–water partition coefficient (Wildman–Crippen LogP) is 2.89. The summed E-state index contributed by atoms with van der Waals surface area (Å²) in [4.78, 5) is 11.5. The van der Waals surface area contributed by atoms with Gasteiger partial charge in [-0.1, -0.05) is 0 Å². The lowest BCUT2D eigenvalue weighted by atomic mass is 10.2. The van der Waals surface area contributed by atoms with Crippen molar-refractivity contribution in [3.05, 3.63) is 23.8 Å². The average Bonchev–Trinajstić information content (AvgIpc) is 2.44. The second kappa shape index (κ2) is 8.13. The van der Waals surface area contributed by atoms with Gasteiger partial charge in [0.25, 0.3) is 0 Å². The molecular weight excluding hydrogens is 282 g/mol. The standard InChI is InChI=1S/C16H23N3O3/c1-16(2,3)22-15(20)19-9-5-8-18-14-10-13(21-4)7-6-12(14)11-17/h6-7,10,18H,5,8-9H2,1-4H3,(H,19,20). The number of nitrogens with zero attached hydrogens (tertiary/aromatic N) is 1. The Morgan fingerprint density at radius 1 is 1.32 bits per heavy atom. The smallest absolute Gasteiger partial charge is 0.407 e. The molecule has 0 atom stereocenters. The second-order valence-electron chi connectivity index (χ2n) is 5.73. The number of rotatable bonds is 6. The summed E-state index contributed by atoms with van der Waals surface area (Å²) >= 11 is 0. The van der Waals surface area contributed by atoms with E-state index >= 15 is 0 Å². The summed E-state index contributed by atoms with van der Waals surface area (Å²) in [5, 5.41) is 14.9. The molecule has 22 heavy (non-hydrogen) atoms. The van der Waals surface area contributed by atoms with Crippen molar-refractivity contribution in [2.45, 2.75) is 32.8 Å². The number of hydrogen-bond acceptors (Lipinski definition) is 5. The Labute approximate surface area is 131 Å². The van der Waals surface area contributed by atoms with Gasteiger partial charge in [0.15, 0.2) is 0 Å². The van der Waals surface area contributed by atoms with Gasteiger partial charge in [-0.3, -0.25) is 0 Å². The summed E-state index contributed by atoms with van der Waals surface area (Å²) in [5.41, 5.74) is 0.782.